The summed E-state index contributed by atoms with van der Waals surface area (Å²) in [5.74, 6) is -0.526. The molecule has 1 rings (SSSR count). The van der Waals surface area contributed by atoms with Crippen molar-refractivity contribution in [3.05, 3.63) is 33.0 Å². The van der Waals surface area contributed by atoms with Crippen LogP contribution < -0.4 is 0 Å². The molecular formula is C8H10N4O. The van der Waals surface area contributed by atoms with Gasteiger partial charge in [0.1, 0.15) is 0 Å². The molecule has 0 saturated heterocycles. The number of hydrogen-bond acceptors (Lipinski definition) is 1. The summed E-state index contributed by atoms with van der Waals surface area (Å²) in [7, 11) is 0. The van der Waals surface area contributed by atoms with Gasteiger partial charge in [-0.1, -0.05) is 0 Å². The van der Waals surface area contributed by atoms with Crippen LogP contribution in [0.3, 0.4) is 0 Å². The first-order chi connectivity index (χ1) is 6.07. The van der Waals surface area contributed by atoms with Gasteiger partial charge in [0.05, 0.1) is 0 Å². The second-order valence-corrected chi connectivity index (χ2v) is 2.87. The van der Waals surface area contributed by atoms with E-state index in [9.17, 15) is 4.79 Å². The van der Waals surface area contributed by atoms with Gasteiger partial charge in [-0.2, -0.15) is 0 Å². The molecule has 1 heterocycles. The average molecular weight is 178 g/mol. The highest BCUT2D eigenvalue weighted by Gasteiger charge is 2.14. The number of aromatic amines is 1. The van der Waals surface area contributed by atoms with E-state index in [1.165, 1.54) is 0 Å². The summed E-state index contributed by atoms with van der Waals surface area (Å²) in [6.45, 7) is 5.47. The first-order valence-corrected chi connectivity index (χ1v) is 3.83. The van der Waals surface area contributed by atoms with Crippen LogP contribution >= 0.6 is 0 Å². The Balaban J connectivity index is 3.28. The summed E-state index contributed by atoms with van der Waals surface area (Å²) in [5, 5.41) is 3.05. The Hall–Kier alpha value is -1.74. The molecule has 0 spiro atoms. The average Bonchev–Trinajstić information content (AvgIpc) is 2.27. The van der Waals surface area contributed by atoms with Crippen LogP contribution in [0.15, 0.2) is 5.11 Å². The van der Waals surface area contributed by atoms with E-state index < -0.39 is 5.91 Å². The molecule has 0 unspecified atom stereocenters. The molecule has 0 aliphatic carbocycles. The molecule has 0 bridgehead atoms. The third-order valence-corrected chi connectivity index (χ3v) is 2.04. The predicted octanol–water partition coefficient (Wildman–Crippen LogP) is 2.39. The highest BCUT2D eigenvalue weighted by Crippen LogP contribution is 2.17. The molecular weight excluding hydrogens is 168 g/mol. The van der Waals surface area contributed by atoms with Crippen molar-refractivity contribution in [1.82, 2.24) is 4.98 Å². The Labute approximate surface area is 75.4 Å². The number of rotatable bonds is 1. The third-order valence-electron chi connectivity index (χ3n) is 2.04. The van der Waals surface area contributed by atoms with Crippen LogP contribution in [-0.4, -0.2) is 10.9 Å². The first kappa shape index (κ1) is 9.35. The predicted molar refractivity (Wildman–Crippen MR) is 48.5 cm³/mol. The summed E-state index contributed by atoms with van der Waals surface area (Å²) < 4.78 is 0. The minimum absolute atomic E-state index is 0.482. The van der Waals surface area contributed by atoms with Gasteiger partial charge in [-0.15, -0.1) is 0 Å². The van der Waals surface area contributed by atoms with E-state index in [0.717, 1.165) is 17.0 Å². The van der Waals surface area contributed by atoms with Crippen molar-refractivity contribution >= 4 is 5.91 Å². The lowest BCUT2D eigenvalue weighted by atomic mass is 10.1. The van der Waals surface area contributed by atoms with Crippen LogP contribution in [0.5, 0.6) is 0 Å². The van der Waals surface area contributed by atoms with Crippen LogP contribution in [0.2, 0.25) is 0 Å². The highest BCUT2D eigenvalue weighted by atomic mass is 16.1. The summed E-state index contributed by atoms with van der Waals surface area (Å²) in [5.41, 5.74) is 11.1. The smallest absolute Gasteiger partial charge is 0.251 e. The maximum atomic E-state index is 11.3. The summed E-state index contributed by atoms with van der Waals surface area (Å²) in [4.78, 5) is 16.7. The van der Waals surface area contributed by atoms with Gasteiger partial charge in [0.25, 0.3) is 5.91 Å². The molecule has 1 aromatic heterocycles. The molecule has 13 heavy (non-hydrogen) atoms. The van der Waals surface area contributed by atoms with Gasteiger partial charge >= 0.3 is 0 Å². The van der Waals surface area contributed by atoms with Gasteiger partial charge in [0.2, 0.25) is 0 Å². The highest BCUT2D eigenvalue weighted by molar-refractivity contribution is 5.97. The summed E-state index contributed by atoms with van der Waals surface area (Å²) in [6.07, 6.45) is 0. The standard InChI is InChI=1S/C8H10N4O/c1-4-5(2)10-6(3)7(4)8(13)11-12-9/h10H,1-3H3. The Bertz CT molecular complexity index is 399. The normalized spacial score (nSPS) is 9.46. The fourth-order valence-corrected chi connectivity index (χ4v) is 1.32. The van der Waals surface area contributed by atoms with Gasteiger partial charge in [0, 0.05) is 21.9 Å². The quantitative estimate of drug-likeness (QED) is 0.399. The Morgan fingerprint density at radius 2 is 2.00 bits per heavy atom. The largest absolute Gasteiger partial charge is 0.362 e. The van der Waals surface area contributed by atoms with E-state index in [2.05, 4.69) is 15.0 Å². The molecule has 5 heteroatoms. The third kappa shape index (κ3) is 1.55. The second-order valence-electron chi connectivity index (χ2n) is 2.87. The molecule has 5 nitrogen and oxygen atoms in total. The monoisotopic (exact) mass is 178 g/mol. The fraction of sp³-hybridized carbons (Fsp3) is 0.375. The lowest BCUT2D eigenvalue weighted by Crippen LogP contribution is -1.96. The molecule has 0 radical (unpaired) electrons. The van der Waals surface area contributed by atoms with E-state index in [-0.39, 0.29) is 0 Å². The van der Waals surface area contributed by atoms with Gasteiger partial charge in [-0.05, 0) is 37.0 Å². The van der Waals surface area contributed by atoms with Crippen LogP contribution in [0.4, 0.5) is 0 Å². The van der Waals surface area contributed by atoms with Crippen molar-refractivity contribution in [3.8, 4) is 0 Å². The van der Waals surface area contributed by atoms with Crippen LogP contribution in [-0.2, 0) is 0 Å². The number of amides is 1. The molecule has 0 fully saturated rings. The van der Waals surface area contributed by atoms with E-state index in [1.54, 1.807) is 6.92 Å². The van der Waals surface area contributed by atoms with Gasteiger partial charge < -0.3 is 4.98 Å². The number of aryl methyl sites for hydroxylation is 2. The minimum Gasteiger partial charge on any atom is -0.362 e. The minimum atomic E-state index is -0.526. The van der Waals surface area contributed by atoms with Crippen molar-refractivity contribution in [3.63, 3.8) is 0 Å². The zero-order chi connectivity index (χ0) is 10.0. The molecule has 0 saturated carbocycles. The Morgan fingerprint density at radius 1 is 1.38 bits per heavy atom. The summed E-state index contributed by atoms with van der Waals surface area (Å²) >= 11 is 0. The van der Waals surface area contributed by atoms with E-state index >= 15 is 0 Å². The maximum Gasteiger partial charge on any atom is 0.251 e. The van der Waals surface area contributed by atoms with Crippen molar-refractivity contribution in [2.24, 2.45) is 5.11 Å². The van der Waals surface area contributed by atoms with E-state index in [4.69, 9.17) is 5.53 Å². The number of azide groups is 1. The lowest BCUT2D eigenvalue weighted by molar-refractivity contribution is 0.0999. The molecule has 1 N–H and O–H groups in total. The van der Waals surface area contributed by atoms with Crippen molar-refractivity contribution in [1.29, 1.82) is 0 Å². The molecule has 0 aliphatic heterocycles. The molecule has 0 aliphatic rings. The molecule has 1 aromatic rings. The van der Waals surface area contributed by atoms with Crippen LogP contribution in [0, 0.1) is 20.8 Å². The van der Waals surface area contributed by atoms with Gasteiger partial charge in [0.15, 0.2) is 0 Å². The Kier molecular flexibility index (Phi) is 2.39. The zero-order valence-electron chi connectivity index (χ0n) is 7.75. The first-order valence-electron chi connectivity index (χ1n) is 3.83. The SMILES string of the molecule is Cc1[nH]c(C)c(C(=O)N=[N+]=[N-])c1C. The van der Waals surface area contributed by atoms with Crippen molar-refractivity contribution in [2.45, 2.75) is 20.8 Å². The molecule has 1 amide bonds. The Morgan fingerprint density at radius 3 is 2.38 bits per heavy atom. The number of carbonyl (C=O) groups excluding carboxylic acids is 1. The molecule has 68 valence electrons. The van der Waals surface area contributed by atoms with Gasteiger partial charge in [-0.25, -0.2) is 0 Å². The number of nitrogens with one attached hydrogen (secondary N) is 1. The number of H-pyrrole nitrogens is 1. The van der Waals surface area contributed by atoms with E-state index in [0.29, 0.717) is 5.56 Å². The topological polar surface area (TPSA) is 81.6 Å². The van der Waals surface area contributed by atoms with E-state index in [1.807, 2.05) is 13.8 Å². The van der Waals surface area contributed by atoms with Crippen LogP contribution in [0.1, 0.15) is 27.3 Å². The second kappa shape index (κ2) is 3.33. The number of aromatic nitrogens is 1. The van der Waals surface area contributed by atoms with Crippen molar-refractivity contribution < 1.29 is 4.79 Å². The number of carbonyl (C=O) groups is 1. The fourth-order valence-electron chi connectivity index (χ4n) is 1.32. The lowest BCUT2D eigenvalue weighted by Gasteiger charge is -1.93. The zero-order valence-corrected chi connectivity index (χ0v) is 7.75. The van der Waals surface area contributed by atoms with Crippen LogP contribution in [0.25, 0.3) is 10.4 Å². The number of nitrogens with zero attached hydrogens (tertiary/aromatic N) is 3. The maximum absolute atomic E-state index is 11.3. The molecule has 0 atom stereocenters. The van der Waals surface area contributed by atoms with Gasteiger partial charge in [-0.3, -0.25) is 4.79 Å². The molecule has 0 aromatic carbocycles. The number of hydrogen-bond donors (Lipinski definition) is 1. The van der Waals surface area contributed by atoms with Crippen molar-refractivity contribution in [2.75, 3.05) is 0 Å². The summed E-state index contributed by atoms with van der Waals surface area (Å²) in [6, 6.07) is 0.